The molecule has 3 nitrogen and oxygen atoms in total. The molecular formula is C17H32N2O. The van der Waals surface area contributed by atoms with Crippen LogP contribution in [0.2, 0.25) is 0 Å². The Morgan fingerprint density at radius 1 is 1.30 bits per heavy atom. The maximum absolute atomic E-state index is 13.1. The van der Waals surface area contributed by atoms with Crippen LogP contribution in [0, 0.1) is 16.7 Å². The fourth-order valence-electron chi connectivity index (χ4n) is 3.94. The van der Waals surface area contributed by atoms with Gasteiger partial charge in [-0.3, -0.25) is 4.79 Å². The van der Waals surface area contributed by atoms with Gasteiger partial charge in [-0.05, 0) is 50.1 Å². The fraction of sp³-hybridized carbons (Fsp3) is 0.941. The Labute approximate surface area is 124 Å². The van der Waals surface area contributed by atoms with Gasteiger partial charge < -0.3 is 10.2 Å². The fourth-order valence-corrected chi connectivity index (χ4v) is 3.94. The van der Waals surface area contributed by atoms with Gasteiger partial charge >= 0.3 is 0 Å². The number of carbonyl (C=O) groups excluding carboxylic acids is 1. The van der Waals surface area contributed by atoms with Crippen LogP contribution in [-0.2, 0) is 4.79 Å². The van der Waals surface area contributed by atoms with Crippen LogP contribution in [0.25, 0.3) is 0 Å². The minimum absolute atomic E-state index is 0.0627. The third-order valence-corrected chi connectivity index (χ3v) is 5.44. The van der Waals surface area contributed by atoms with Gasteiger partial charge in [0, 0.05) is 13.1 Å². The second-order valence-corrected chi connectivity index (χ2v) is 7.88. The molecule has 0 saturated carbocycles. The summed E-state index contributed by atoms with van der Waals surface area (Å²) >= 11 is 0. The van der Waals surface area contributed by atoms with Gasteiger partial charge in [-0.25, -0.2) is 0 Å². The van der Waals surface area contributed by atoms with Crippen LogP contribution in [0.15, 0.2) is 0 Å². The second kappa shape index (κ2) is 6.05. The van der Waals surface area contributed by atoms with Gasteiger partial charge in [0.25, 0.3) is 0 Å². The molecule has 1 atom stereocenters. The van der Waals surface area contributed by atoms with Crippen molar-refractivity contribution in [2.45, 2.75) is 59.8 Å². The van der Waals surface area contributed by atoms with E-state index in [9.17, 15) is 4.79 Å². The van der Waals surface area contributed by atoms with E-state index in [1.54, 1.807) is 0 Å². The summed E-state index contributed by atoms with van der Waals surface area (Å²) in [4.78, 5) is 15.3. The average molecular weight is 280 g/mol. The number of hydrogen-bond acceptors (Lipinski definition) is 2. The first-order valence-corrected chi connectivity index (χ1v) is 8.39. The van der Waals surface area contributed by atoms with Crippen LogP contribution >= 0.6 is 0 Å². The van der Waals surface area contributed by atoms with Crippen molar-refractivity contribution in [2.24, 2.45) is 16.7 Å². The Morgan fingerprint density at radius 3 is 2.45 bits per heavy atom. The van der Waals surface area contributed by atoms with Crippen molar-refractivity contribution in [1.82, 2.24) is 10.2 Å². The SMILES string of the molecule is CCCC1(C(=O)N2CCC(C(C)(C)C)C2)CCNCC1. The lowest BCUT2D eigenvalue weighted by Gasteiger charge is -2.39. The van der Waals surface area contributed by atoms with Crippen molar-refractivity contribution in [3.8, 4) is 0 Å². The number of rotatable bonds is 3. The summed E-state index contributed by atoms with van der Waals surface area (Å²) in [7, 11) is 0. The third kappa shape index (κ3) is 3.19. The molecule has 0 aromatic carbocycles. The quantitative estimate of drug-likeness (QED) is 0.862. The molecule has 2 rings (SSSR count). The van der Waals surface area contributed by atoms with Gasteiger partial charge in [0.05, 0.1) is 5.41 Å². The predicted octanol–water partition coefficient (Wildman–Crippen LogP) is 3.05. The molecule has 3 heteroatoms. The molecule has 0 aromatic heterocycles. The number of nitrogens with zero attached hydrogens (tertiary/aromatic N) is 1. The number of amides is 1. The van der Waals surface area contributed by atoms with E-state index < -0.39 is 0 Å². The van der Waals surface area contributed by atoms with Crippen LogP contribution < -0.4 is 5.32 Å². The summed E-state index contributed by atoms with van der Waals surface area (Å²) in [5.74, 6) is 1.11. The number of piperidine rings is 1. The lowest BCUT2D eigenvalue weighted by molar-refractivity contribution is -0.143. The van der Waals surface area contributed by atoms with Crippen molar-refractivity contribution in [3.05, 3.63) is 0 Å². The molecule has 0 spiro atoms. The van der Waals surface area contributed by atoms with Crippen molar-refractivity contribution in [1.29, 1.82) is 0 Å². The largest absolute Gasteiger partial charge is 0.342 e. The lowest BCUT2D eigenvalue weighted by atomic mass is 9.74. The van der Waals surface area contributed by atoms with Crippen LogP contribution in [0.4, 0.5) is 0 Å². The zero-order valence-corrected chi connectivity index (χ0v) is 13.8. The Balaban J connectivity index is 2.05. The van der Waals surface area contributed by atoms with E-state index in [4.69, 9.17) is 0 Å². The summed E-state index contributed by atoms with van der Waals surface area (Å²) < 4.78 is 0. The van der Waals surface area contributed by atoms with Crippen LogP contribution in [0.3, 0.4) is 0 Å². The first-order chi connectivity index (χ1) is 9.39. The highest BCUT2D eigenvalue weighted by molar-refractivity contribution is 5.83. The summed E-state index contributed by atoms with van der Waals surface area (Å²) in [6.07, 6.45) is 5.40. The minimum atomic E-state index is -0.0627. The maximum Gasteiger partial charge on any atom is 0.228 e. The van der Waals surface area contributed by atoms with E-state index in [0.717, 1.165) is 51.9 Å². The standard InChI is InChI=1S/C17H32N2O/c1-5-7-17(8-10-18-11-9-17)15(20)19-12-6-14(13-19)16(2,3)4/h14,18H,5-13H2,1-4H3. The van der Waals surface area contributed by atoms with Gasteiger partial charge in [-0.1, -0.05) is 34.1 Å². The third-order valence-electron chi connectivity index (χ3n) is 5.44. The predicted molar refractivity (Wildman–Crippen MR) is 83.6 cm³/mol. The van der Waals surface area contributed by atoms with Crippen molar-refractivity contribution in [2.75, 3.05) is 26.2 Å². The Bertz CT molecular complexity index is 334. The zero-order chi connectivity index (χ0) is 14.8. The molecule has 1 unspecified atom stereocenters. The molecule has 116 valence electrons. The first-order valence-electron chi connectivity index (χ1n) is 8.39. The zero-order valence-electron chi connectivity index (χ0n) is 13.8. The molecule has 1 amide bonds. The molecule has 0 bridgehead atoms. The monoisotopic (exact) mass is 280 g/mol. The van der Waals surface area contributed by atoms with Gasteiger partial charge in [0.1, 0.15) is 0 Å². The minimum Gasteiger partial charge on any atom is -0.342 e. The topological polar surface area (TPSA) is 32.3 Å². The molecular weight excluding hydrogens is 248 g/mol. The van der Waals surface area contributed by atoms with Crippen LogP contribution in [0.5, 0.6) is 0 Å². The number of carbonyl (C=O) groups is 1. The van der Waals surface area contributed by atoms with Gasteiger partial charge in [0.2, 0.25) is 5.91 Å². The molecule has 2 saturated heterocycles. The Kier molecular flexibility index (Phi) is 4.78. The molecule has 20 heavy (non-hydrogen) atoms. The molecule has 0 aliphatic carbocycles. The van der Waals surface area contributed by atoms with E-state index in [2.05, 4.69) is 37.9 Å². The van der Waals surface area contributed by atoms with Gasteiger partial charge in [0.15, 0.2) is 0 Å². The molecule has 1 N–H and O–H groups in total. The van der Waals surface area contributed by atoms with Crippen molar-refractivity contribution < 1.29 is 4.79 Å². The summed E-state index contributed by atoms with van der Waals surface area (Å²) in [5, 5.41) is 3.41. The number of hydrogen-bond donors (Lipinski definition) is 1. The lowest BCUT2D eigenvalue weighted by Crippen LogP contribution is -2.49. The molecule has 2 aliphatic rings. The van der Waals surface area contributed by atoms with E-state index >= 15 is 0 Å². The average Bonchev–Trinajstić information content (AvgIpc) is 2.88. The molecule has 2 fully saturated rings. The van der Waals surface area contributed by atoms with E-state index in [1.165, 1.54) is 6.42 Å². The second-order valence-electron chi connectivity index (χ2n) is 7.88. The number of nitrogens with one attached hydrogen (secondary N) is 1. The van der Waals surface area contributed by atoms with E-state index in [1.807, 2.05) is 0 Å². The smallest absolute Gasteiger partial charge is 0.228 e. The van der Waals surface area contributed by atoms with Gasteiger partial charge in [-0.15, -0.1) is 0 Å². The highest BCUT2D eigenvalue weighted by Crippen LogP contribution is 2.40. The molecule has 2 aliphatic heterocycles. The summed E-state index contributed by atoms with van der Waals surface area (Å²) in [5.41, 5.74) is 0.258. The summed E-state index contributed by atoms with van der Waals surface area (Å²) in [6.45, 7) is 13.1. The Morgan fingerprint density at radius 2 is 1.95 bits per heavy atom. The molecule has 0 aromatic rings. The molecule has 0 radical (unpaired) electrons. The van der Waals surface area contributed by atoms with Crippen molar-refractivity contribution >= 4 is 5.91 Å². The van der Waals surface area contributed by atoms with E-state index in [-0.39, 0.29) is 5.41 Å². The maximum atomic E-state index is 13.1. The normalized spacial score (nSPS) is 26.8. The number of likely N-dealkylation sites (tertiary alicyclic amines) is 1. The summed E-state index contributed by atoms with van der Waals surface area (Å²) in [6, 6.07) is 0. The van der Waals surface area contributed by atoms with E-state index in [0.29, 0.717) is 17.2 Å². The first kappa shape index (κ1) is 15.8. The van der Waals surface area contributed by atoms with Crippen LogP contribution in [-0.4, -0.2) is 37.0 Å². The Hall–Kier alpha value is -0.570. The van der Waals surface area contributed by atoms with Crippen LogP contribution in [0.1, 0.15) is 59.8 Å². The van der Waals surface area contributed by atoms with Gasteiger partial charge in [-0.2, -0.15) is 0 Å². The highest BCUT2D eigenvalue weighted by atomic mass is 16.2. The molecule has 2 heterocycles. The highest BCUT2D eigenvalue weighted by Gasteiger charge is 2.44. The van der Waals surface area contributed by atoms with Crippen molar-refractivity contribution in [3.63, 3.8) is 0 Å².